The summed E-state index contributed by atoms with van der Waals surface area (Å²) >= 11 is 0. The zero-order valence-electron chi connectivity index (χ0n) is 18.0. The van der Waals surface area contributed by atoms with Gasteiger partial charge in [0, 0.05) is 48.2 Å². The van der Waals surface area contributed by atoms with Crippen LogP contribution in [-0.4, -0.2) is 43.8 Å². The molecule has 0 fully saturated rings. The van der Waals surface area contributed by atoms with Gasteiger partial charge in [-0.3, -0.25) is 19.4 Å². The van der Waals surface area contributed by atoms with Crippen molar-refractivity contribution in [3.63, 3.8) is 0 Å². The molecule has 0 unspecified atom stereocenters. The molecule has 162 valence electrons. The molecule has 0 radical (unpaired) electrons. The van der Waals surface area contributed by atoms with Crippen LogP contribution < -0.4 is 10.1 Å². The topological polar surface area (TPSA) is 94.8 Å². The summed E-state index contributed by atoms with van der Waals surface area (Å²) in [7, 11) is 0. The summed E-state index contributed by atoms with van der Waals surface area (Å²) in [5, 5.41) is 7.53. The van der Waals surface area contributed by atoms with Crippen molar-refractivity contribution in [3.8, 4) is 28.3 Å². The number of ether oxygens (including phenoxy) is 1. The van der Waals surface area contributed by atoms with Crippen LogP contribution in [0.2, 0.25) is 0 Å². The first-order valence-electron chi connectivity index (χ1n) is 10.4. The second-order valence-electron chi connectivity index (χ2n) is 7.10. The molecule has 4 aromatic rings. The minimum Gasteiger partial charge on any atom is -0.477 e. The number of hydrogen-bond donors (Lipinski definition) is 1. The lowest BCUT2D eigenvalue weighted by molar-refractivity contribution is 0.0947. The number of hydrogen-bond acceptors (Lipinski definition) is 6. The fraction of sp³-hybridized carbons (Fsp3) is 0.208. The van der Waals surface area contributed by atoms with Crippen molar-refractivity contribution in [3.05, 3.63) is 78.6 Å². The van der Waals surface area contributed by atoms with E-state index in [1.165, 1.54) is 0 Å². The van der Waals surface area contributed by atoms with Crippen LogP contribution in [0, 0.1) is 6.92 Å². The van der Waals surface area contributed by atoms with Crippen molar-refractivity contribution in [2.75, 3.05) is 13.2 Å². The van der Waals surface area contributed by atoms with Crippen molar-refractivity contribution in [1.82, 2.24) is 30.0 Å². The van der Waals surface area contributed by atoms with E-state index in [4.69, 9.17) is 4.74 Å². The number of amides is 1. The summed E-state index contributed by atoms with van der Waals surface area (Å²) < 4.78 is 7.34. The maximum atomic E-state index is 12.7. The number of aromatic nitrogens is 5. The van der Waals surface area contributed by atoms with Gasteiger partial charge < -0.3 is 10.1 Å². The van der Waals surface area contributed by atoms with Gasteiger partial charge in [-0.25, -0.2) is 4.98 Å². The first-order valence-corrected chi connectivity index (χ1v) is 10.4. The molecular weight excluding hydrogens is 404 g/mol. The Hall–Kier alpha value is -4.07. The molecule has 32 heavy (non-hydrogen) atoms. The maximum absolute atomic E-state index is 12.7. The normalized spacial score (nSPS) is 10.7. The first kappa shape index (κ1) is 21.2. The van der Waals surface area contributed by atoms with E-state index in [0.29, 0.717) is 31.1 Å². The Bertz CT molecular complexity index is 1190. The lowest BCUT2D eigenvalue weighted by Crippen LogP contribution is -2.28. The van der Waals surface area contributed by atoms with Gasteiger partial charge in [0.1, 0.15) is 5.56 Å². The zero-order valence-corrected chi connectivity index (χ0v) is 18.0. The van der Waals surface area contributed by atoms with Gasteiger partial charge >= 0.3 is 0 Å². The fourth-order valence-electron chi connectivity index (χ4n) is 3.40. The van der Waals surface area contributed by atoms with Crippen molar-refractivity contribution in [2.45, 2.75) is 20.4 Å². The molecule has 4 rings (SSSR count). The highest BCUT2D eigenvalue weighted by Gasteiger charge is 2.16. The molecule has 4 aromatic heterocycles. The van der Waals surface area contributed by atoms with E-state index < -0.39 is 0 Å². The van der Waals surface area contributed by atoms with Gasteiger partial charge in [0.05, 0.1) is 25.0 Å². The van der Waals surface area contributed by atoms with Gasteiger partial charge in [-0.2, -0.15) is 5.10 Å². The Morgan fingerprint density at radius 2 is 1.88 bits per heavy atom. The maximum Gasteiger partial charge on any atom is 0.256 e. The molecule has 4 heterocycles. The molecular formula is C24H24N6O2. The number of aryl methyl sites for hydroxylation is 1. The molecule has 0 bridgehead atoms. The lowest BCUT2D eigenvalue weighted by atomic mass is 10.0. The SMILES string of the molecule is CCOc1ncccc1C(=O)NCCn1ncc(-c2ccncc2)c1-c1ccc(C)nc1. The Morgan fingerprint density at radius 3 is 2.62 bits per heavy atom. The predicted octanol–water partition coefficient (Wildman–Crippen LogP) is 3.54. The molecule has 8 heteroatoms. The molecule has 0 saturated heterocycles. The molecule has 0 spiro atoms. The van der Waals surface area contributed by atoms with E-state index in [1.807, 2.05) is 55.2 Å². The van der Waals surface area contributed by atoms with Gasteiger partial charge in [-0.1, -0.05) is 0 Å². The second-order valence-corrected chi connectivity index (χ2v) is 7.10. The third-order valence-electron chi connectivity index (χ3n) is 4.92. The van der Waals surface area contributed by atoms with Crippen LogP contribution in [0.5, 0.6) is 5.88 Å². The van der Waals surface area contributed by atoms with Crippen LogP contribution in [0.25, 0.3) is 22.4 Å². The number of carbonyl (C=O) groups is 1. The Kier molecular flexibility index (Phi) is 6.50. The van der Waals surface area contributed by atoms with Crippen molar-refractivity contribution in [1.29, 1.82) is 0 Å². The van der Waals surface area contributed by atoms with E-state index in [-0.39, 0.29) is 5.91 Å². The summed E-state index contributed by atoms with van der Waals surface area (Å²) in [6.45, 7) is 5.13. The average molecular weight is 428 g/mol. The van der Waals surface area contributed by atoms with Gasteiger partial charge in [0.15, 0.2) is 0 Å². The molecule has 1 N–H and O–H groups in total. The minimum absolute atomic E-state index is 0.235. The summed E-state index contributed by atoms with van der Waals surface area (Å²) in [4.78, 5) is 25.4. The van der Waals surface area contributed by atoms with E-state index in [0.717, 1.165) is 28.1 Å². The smallest absolute Gasteiger partial charge is 0.256 e. The molecule has 1 amide bonds. The molecule has 0 aliphatic heterocycles. The minimum atomic E-state index is -0.235. The monoisotopic (exact) mass is 428 g/mol. The van der Waals surface area contributed by atoms with E-state index in [2.05, 4.69) is 25.4 Å². The van der Waals surface area contributed by atoms with Crippen LogP contribution >= 0.6 is 0 Å². The van der Waals surface area contributed by atoms with Crippen molar-refractivity contribution >= 4 is 5.91 Å². The quantitative estimate of drug-likeness (QED) is 0.461. The predicted molar refractivity (Wildman–Crippen MR) is 121 cm³/mol. The largest absolute Gasteiger partial charge is 0.477 e. The third-order valence-corrected chi connectivity index (χ3v) is 4.92. The van der Waals surface area contributed by atoms with E-state index in [9.17, 15) is 4.79 Å². The number of pyridine rings is 3. The van der Waals surface area contributed by atoms with Crippen LogP contribution in [0.4, 0.5) is 0 Å². The lowest BCUT2D eigenvalue weighted by Gasteiger charge is -2.12. The van der Waals surface area contributed by atoms with Gasteiger partial charge in [-0.05, 0) is 55.8 Å². The average Bonchev–Trinajstić information content (AvgIpc) is 3.24. The van der Waals surface area contributed by atoms with Gasteiger partial charge in [-0.15, -0.1) is 0 Å². The third kappa shape index (κ3) is 4.64. The van der Waals surface area contributed by atoms with Gasteiger partial charge in [0.2, 0.25) is 5.88 Å². The molecule has 0 saturated carbocycles. The number of rotatable bonds is 8. The highest BCUT2D eigenvalue weighted by Crippen LogP contribution is 2.31. The molecule has 0 aromatic carbocycles. The molecule has 0 aliphatic rings. The van der Waals surface area contributed by atoms with Crippen molar-refractivity contribution < 1.29 is 9.53 Å². The standard InChI is InChI=1S/C24H24N6O2/c1-3-32-24-20(5-4-10-27-24)23(31)26-13-14-30-22(19-7-6-17(2)28-15-19)21(16-29-30)18-8-11-25-12-9-18/h4-12,15-16H,3,13-14H2,1-2H3,(H,26,31). The second kappa shape index (κ2) is 9.82. The van der Waals surface area contributed by atoms with Crippen molar-refractivity contribution in [2.24, 2.45) is 0 Å². The number of nitrogens with one attached hydrogen (secondary N) is 1. The first-order chi connectivity index (χ1) is 15.7. The summed E-state index contributed by atoms with van der Waals surface area (Å²) in [5.74, 6) is 0.0968. The Morgan fingerprint density at radius 1 is 1.03 bits per heavy atom. The van der Waals surface area contributed by atoms with E-state index in [1.54, 1.807) is 30.7 Å². The fourth-order valence-corrected chi connectivity index (χ4v) is 3.40. The number of nitrogens with zero attached hydrogens (tertiary/aromatic N) is 5. The Labute approximate surface area is 186 Å². The molecule has 0 aliphatic carbocycles. The zero-order chi connectivity index (χ0) is 22.3. The molecule has 0 atom stereocenters. The number of carbonyl (C=O) groups excluding carboxylic acids is 1. The summed E-state index contributed by atoms with van der Waals surface area (Å²) in [5.41, 5.74) is 5.25. The van der Waals surface area contributed by atoms with Gasteiger partial charge in [0.25, 0.3) is 5.91 Å². The summed E-state index contributed by atoms with van der Waals surface area (Å²) in [6, 6.07) is 11.3. The van der Waals surface area contributed by atoms with Crippen LogP contribution in [0.15, 0.2) is 67.4 Å². The highest BCUT2D eigenvalue weighted by atomic mass is 16.5. The Balaban J connectivity index is 1.56. The van der Waals surface area contributed by atoms with E-state index >= 15 is 0 Å². The highest BCUT2D eigenvalue weighted by molar-refractivity contribution is 5.96. The van der Waals surface area contributed by atoms with Crippen LogP contribution in [0.3, 0.4) is 0 Å². The molecule has 8 nitrogen and oxygen atoms in total. The van der Waals surface area contributed by atoms with Crippen LogP contribution in [0.1, 0.15) is 23.0 Å². The summed E-state index contributed by atoms with van der Waals surface area (Å²) in [6.07, 6.45) is 8.80. The van der Waals surface area contributed by atoms with Crippen LogP contribution in [-0.2, 0) is 6.54 Å².